The van der Waals surface area contributed by atoms with Crippen molar-refractivity contribution in [3.05, 3.63) is 0 Å². The number of carbonyl (C=O) groups is 3. The summed E-state index contributed by atoms with van der Waals surface area (Å²) in [6.07, 6.45) is 52.4. The highest BCUT2D eigenvalue weighted by atomic mass is 16.6. The van der Waals surface area contributed by atoms with Gasteiger partial charge in [-0.05, 0) is 37.0 Å². The first-order chi connectivity index (χ1) is 31.6. The van der Waals surface area contributed by atoms with E-state index in [2.05, 4.69) is 41.5 Å². The van der Waals surface area contributed by atoms with Gasteiger partial charge in [0.2, 0.25) is 0 Å². The smallest absolute Gasteiger partial charge is 0.306 e. The van der Waals surface area contributed by atoms with Gasteiger partial charge in [-0.25, -0.2) is 0 Å². The van der Waals surface area contributed by atoms with Crippen LogP contribution in [-0.2, 0) is 28.6 Å². The Kier molecular flexibility index (Phi) is 49.1. The van der Waals surface area contributed by atoms with Gasteiger partial charge in [-0.15, -0.1) is 0 Å². The summed E-state index contributed by atoms with van der Waals surface area (Å²) in [5.41, 5.74) is 0. The molecular formula is C59H114O6. The Morgan fingerprint density at radius 3 is 0.800 bits per heavy atom. The zero-order chi connectivity index (χ0) is 47.7. The predicted octanol–water partition coefficient (Wildman–Crippen LogP) is 19.1. The SMILES string of the molecule is CCC(C)CCCCCCCCCCCCCCCCCCCCC(=O)O[C@H](COC(=O)CCCCCCCCCCCCC(C)C)COC(=O)CCCCCCCCCCCC(C)C. The standard InChI is InChI=1S/C59H114O6/c1-7-55(6)47-41-35-29-23-16-14-12-10-8-9-11-13-15-17-25-32-38-44-50-59(62)65-56(52-64-58(61)49-43-37-31-26-20-22-28-34-40-46-54(4)5)51-63-57(60)48-42-36-30-24-19-18-21-27-33-39-45-53(2)3/h53-56H,7-52H2,1-6H3/t55?,56-/m1/s1. The largest absolute Gasteiger partial charge is 0.462 e. The molecule has 0 fully saturated rings. The monoisotopic (exact) mass is 919 g/mol. The molecule has 6 heteroatoms. The molecule has 1 unspecified atom stereocenters. The third kappa shape index (κ3) is 51.6. The highest BCUT2D eigenvalue weighted by Gasteiger charge is 2.19. The number of hydrogen-bond acceptors (Lipinski definition) is 6. The molecule has 0 aliphatic carbocycles. The summed E-state index contributed by atoms with van der Waals surface area (Å²) in [6.45, 7) is 13.8. The van der Waals surface area contributed by atoms with Crippen molar-refractivity contribution in [1.29, 1.82) is 0 Å². The first kappa shape index (κ1) is 63.4. The van der Waals surface area contributed by atoms with Gasteiger partial charge >= 0.3 is 17.9 Å². The van der Waals surface area contributed by atoms with E-state index in [1.54, 1.807) is 0 Å². The zero-order valence-electron chi connectivity index (χ0n) is 44.8. The molecule has 0 aromatic rings. The number of rotatable bonds is 52. The van der Waals surface area contributed by atoms with E-state index in [0.717, 1.165) is 75.5 Å². The molecule has 0 radical (unpaired) electrons. The van der Waals surface area contributed by atoms with Crippen LogP contribution in [0, 0.1) is 17.8 Å². The van der Waals surface area contributed by atoms with Crippen LogP contribution in [0.4, 0.5) is 0 Å². The molecule has 0 saturated heterocycles. The van der Waals surface area contributed by atoms with Gasteiger partial charge in [-0.1, -0.05) is 286 Å². The fourth-order valence-corrected chi connectivity index (χ4v) is 8.97. The Balaban J connectivity index is 4.24. The van der Waals surface area contributed by atoms with Crippen molar-refractivity contribution < 1.29 is 28.6 Å². The molecule has 0 heterocycles. The normalized spacial score (nSPS) is 12.6. The molecule has 0 amide bonds. The lowest BCUT2D eigenvalue weighted by Crippen LogP contribution is -2.30. The van der Waals surface area contributed by atoms with Crippen molar-refractivity contribution in [2.45, 2.75) is 330 Å². The van der Waals surface area contributed by atoms with Crippen LogP contribution in [-0.4, -0.2) is 37.2 Å². The van der Waals surface area contributed by atoms with Crippen LogP contribution < -0.4 is 0 Å². The van der Waals surface area contributed by atoms with E-state index in [9.17, 15) is 14.4 Å². The molecule has 0 aliphatic rings. The summed E-state index contributed by atoms with van der Waals surface area (Å²) in [5, 5.41) is 0. The van der Waals surface area contributed by atoms with Crippen LogP contribution >= 0.6 is 0 Å². The second-order valence-corrected chi connectivity index (χ2v) is 21.5. The molecular weight excluding hydrogens is 805 g/mol. The Morgan fingerprint density at radius 1 is 0.308 bits per heavy atom. The lowest BCUT2D eigenvalue weighted by molar-refractivity contribution is -0.167. The molecule has 0 spiro atoms. The average Bonchev–Trinajstić information content (AvgIpc) is 3.28. The van der Waals surface area contributed by atoms with Gasteiger partial charge in [0.1, 0.15) is 13.2 Å². The Labute approximate surface area is 406 Å². The molecule has 386 valence electrons. The molecule has 0 rings (SSSR count). The quantitative estimate of drug-likeness (QED) is 0.0344. The van der Waals surface area contributed by atoms with Crippen LogP contribution in [0.3, 0.4) is 0 Å². The van der Waals surface area contributed by atoms with Crippen LogP contribution in [0.5, 0.6) is 0 Å². The van der Waals surface area contributed by atoms with Crippen molar-refractivity contribution in [2.75, 3.05) is 13.2 Å². The molecule has 0 aromatic carbocycles. The van der Waals surface area contributed by atoms with Gasteiger partial charge in [0.15, 0.2) is 6.10 Å². The summed E-state index contributed by atoms with van der Waals surface area (Å²) < 4.78 is 16.9. The number of carbonyl (C=O) groups excluding carboxylic acids is 3. The van der Waals surface area contributed by atoms with Gasteiger partial charge in [-0.3, -0.25) is 14.4 Å². The molecule has 0 N–H and O–H groups in total. The minimum absolute atomic E-state index is 0.0642. The third-order valence-corrected chi connectivity index (χ3v) is 13.8. The lowest BCUT2D eigenvalue weighted by atomic mass is 9.99. The number of ether oxygens (including phenoxy) is 3. The lowest BCUT2D eigenvalue weighted by Gasteiger charge is -2.18. The van der Waals surface area contributed by atoms with Crippen molar-refractivity contribution >= 4 is 17.9 Å². The molecule has 0 aliphatic heterocycles. The van der Waals surface area contributed by atoms with E-state index < -0.39 is 6.10 Å². The van der Waals surface area contributed by atoms with Crippen LogP contribution in [0.1, 0.15) is 324 Å². The molecule has 0 bridgehead atoms. The maximum absolute atomic E-state index is 12.9. The topological polar surface area (TPSA) is 78.9 Å². The van der Waals surface area contributed by atoms with E-state index in [-0.39, 0.29) is 31.1 Å². The van der Waals surface area contributed by atoms with E-state index in [1.165, 1.54) is 205 Å². The minimum Gasteiger partial charge on any atom is -0.462 e. The van der Waals surface area contributed by atoms with Gasteiger partial charge in [0.25, 0.3) is 0 Å². The van der Waals surface area contributed by atoms with Crippen LogP contribution in [0.15, 0.2) is 0 Å². The van der Waals surface area contributed by atoms with Crippen LogP contribution in [0.2, 0.25) is 0 Å². The zero-order valence-corrected chi connectivity index (χ0v) is 44.8. The summed E-state index contributed by atoms with van der Waals surface area (Å²) in [7, 11) is 0. The first-order valence-electron chi connectivity index (χ1n) is 29.1. The predicted molar refractivity (Wildman–Crippen MR) is 279 cm³/mol. The van der Waals surface area contributed by atoms with Gasteiger partial charge in [0.05, 0.1) is 0 Å². The summed E-state index contributed by atoms with van der Waals surface area (Å²) in [6, 6.07) is 0. The number of unbranched alkanes of at least 4 members (excludes halogenated alkanes) is 34. The number of esters is 3. The second kappa shape index (κ2) is 50.3. The molecule has 0 aromatic heterocycles. The van der Waals surface area contributed by atoms with Gasteiger partial charge < -0.3 is 14.2 Å². The summed E-state index contributed by atoms with van der Waals surface area (Å²) >= 11 is 0. The summed E-state index contributed by atoms with van der Waals surface area (Å²) in [5.74, 6) is 1.69. The van der Waals surface area contributed by atoms with Gasteiger partial charge in [0, 0.05) is 19.3 Å². The van der Waals surface area contributed by atoms with E-state index in [4.69, 9.17) is 14.2 Å². The molecule has 0 saturated carbocycles. The van der Waals surface area contributed by atoms with Crippen molar-refractivity contribution in [2.24, 2.45) is 17.8 Å². The fourth-order valence-electron chi connectivity index (χ4n) is 8.97. The van der Waals surface area contributed by atoms with Crippen molar-refractivity contribution in [3.63, 3.8) is 0 Å². The molecule has 2 atom stereocenters. The Morgan fingerprint density at radius 2 is 0.538 bits per heavy atom. The van der Waals surface area contributed by atoms with E-state index in [1.807, 2.05) is 0 Å². The highest BCUT2D eigenvalue weighted by molar-refractivity contribution is 5.71. The Bertz CT molecular complexity index is 1010. The molecule has 6 nitrogen and oxygen atoms in total. The fraction of sp³-hybridized carbons (Fsp3) is 0.949. The van der Waals surface area contributed by atoms with E-state index in [0.29, 0.717) is 19.3 Å². The minimum atomic E-state index is -0.764. The second-order valence-electron chi connectivity index (χ2n) is 21.5. The van der Waals surface area contributed by atoms with Gasteiger partial charge in [-0.2, -0.15) is 0 Å². The summed E-state index contributed by atoms with van der Waals surface area (Å²) in [4.78, 5) is 38.1. The van der Waals surface area contributed by atoms with Crippen molar-refractivity contribution in [3.8, 4) is 0 Å². The first-order valence-corrected chi connectivity index (χ1v) is 29.1. The maximum atomic E-state index is 12.9. The third-order valence-electron chi connectivity index (χ3n) is 13.8. The Hall–Kier alpha value is -1.59. The maximum Gasteiger partial charge on any atom is 0.306 e. The van der Waals surface area contributed by atoms with E-state index >= 15 is 0 Å². The average molecular weight is 920 g/mol. The van der Waals surface area contributed by atoms with Crippen molar-refractivity contribution in [1.82, 2.24) is 0 Å². The van der Waals surface area contributed by atoms with Crippen LogP contribution in [0.25, 0.3) is 0 Å². The number of hydrogen-bond donors (Lipinski definition) is 0. The molecule has 65 heavy (non-hydrogen) atoms. The highest BCUT2D eigenvalue weighted by Crippen LogP contribution is 2.19.